The molecule has 0 aliphatic heterocycles. The van der Waals surface area contributed by atoms with Gasteiger partial charge in [-0.2, -0.15) is 0 Å². The Morgan fingerprint density at radius 1 is 1.48 bits per heavy atom. The quantitative estimate of drug-likeness (QED) is 0.835. The second-order valence-electron chi connectivity index (χ2n) is 6.51. The molecule has 1 aromatic carbocycles. The van der Waals surface area contributed by atoms with Gasteiger partial charge in [0.05, 0.1) is 5.54 Å². The molecule has 1 amide bonds. The summed E-state index contributed by atoms with van der Waals surface area (Å²) in [6.07, 6.45) is 4.56. The standard InChI is InChI=1S/C17H25BrN2O/c1-13-6-5-9-17(11-13,12-18)19-16(21)14-7-4-8-15(10-14)20(2)3/h4,7-8,10,13H,5-6,9,11-12H2,1-3H3,(H,19,21). The van der Waals surface area contributed by atoms with Gasteiger partial charge >= 0.3 is 0 Å². The van der Waals surface area contributed by atoms with Crippen LogP contribution in [0.3, 0.4) is 0 Å². The van der Waals surface area contributed by atoms with Gasteiger partial charge in [-0.1, -0.05) is 41.8 Å². The molecule has 1 aromatic rings. The molecule has 1 aliphatic rings. The number of rotatable bonds is 4. The second-order valence-corrected chi connectivity index (χ2v) is 7.08. The summed E-state index contributed by atoms with van der Waals surface area (Å²) in [6.45, 7) is 2.27. The van der Waals surface area contributed by atoms with E-state index in [4.69, 9.17) is 0 Å². The van der Waals surface area contributed by atoms with E-state index in [1.807, 2.05) is 43.3 Å². The number of alkyl halides is 1. The topological polar surface area (TPSA) is 32.3 Å². The number of carbonyl (C=O) groups is 1. The van der Waals surface area contributed by atoms with Gasteiger partial charge in [0, 0.05) is 30.7 Å². The number of anilines is 1. The average Bonchev–Trinajstić information content (AvgIpc) is 2.47. The fourth-order valence-corrected chi connectivity index (χ4v) is 3.82. The van der Waals surface area contributed by atoms with E-state index in [1.165, 1.54) is 12.8 Å². The van der Waals surface area contributed by atoms with Crippen molar-refractivity contribution < 1.29 is 4.79 Å². The summed E-state index contributed by atoms with van der Waals surface area (Å²) in [5.41, 5.74) is 1.69. The van der Waals surface area contributed by atoms with E-state index in [1.54, 1.807) is 0 Å². The van der Waals surface area contributed by atoms with E-state index in [-0.39, 0.29) is 11.4 Å². The molecule has 1 aliphatic carbocycles. The van der Waals surface area contributed by atoms with Crippen molar-refractivity contribution in [1.29, 1.82) is 0 Å². The Bertz CT molecular complexity index is 503. The molecular weight excluding hydrogens is 328 g/mol. The van der Waals surface area contributed by atoms with Crippen molar-refractivity contribution in [1.82, 2.24) is 5.32 Å². The predicted octanol–water partition coefficient (Wildman–Crippen LogP) is 3.83. The Morgan fingerprint density at radius 2 is 2.24 bits per heavy atom. The van der Waals surface area contributed by atoms with Crippen molar-refractivity contribution in [3.63, 3.8) is 0 Å². The van der Waals surface area contributed by atoms with E-state index in [9.17, 15) is 4.79 Å². The normalized spacial score (nSPS) is 25.4. The van der Waals surface area contributed by atoms with Crippen LogP contribution in [0.15, 0.2) is 24.3 Å². The highest BCUT2D eigenvalue weighted by atomic mass is 79.9. The SMILES string of the molecule is CC1CCCC(CBr)(NC(=O)c2cccc(N(C)C)c2)C1. The lowest BCUT2D eigenvalue weighted by Gasteiger charge is -2.39. The first kappa shape index (κ1) is 16.3. The molecule has 3 nitrogen and oxygen atoms in total. The van der Waals surface area contributed by atoms with Crippen LogP contribution in [0, 0.1) is 5.92 Å². The molecule has 2 rings (SSSR count). The Balaban J connectivity index is 2.14. The van der Waals surface area contributed by atoms with Crippen molar-refractivity contribution in [2.24, 2.45) is 5.92 Å². The summed E-state index contributed by atoms with van der Waals surface area (Å²) < 4.78 is 0. The van der Waals surface area contributed by atoms with E-state index in [2.05, 4.69) is 28.2 Å². The van der Waals surface area contributed by atoms with Gasteiger partial charge in [-0.25, -0.2) is 0 Å². The molecule has 2 atom stereocenters. The minimum absolute atomic E-state index is 0.0345. The van der Waals surface area contributed by atoms with Gasteiger partial charge in [0.25, 0.3) is 5.91 Å². The highest BCUT2D eigenvalue weighted by molar-refractivity contribution is 9.09. The highest BCUT2D eigenvalue weighted by Gasteiger charge is 2.35. The summed E-state index contributed by atoms with van der Waals surface area (Å²) >= 11 is 3.61. The van der Waals surface area contributed by atoms with E-state index < -0.39 is 0 Å². The third-order valence-electron chi connectivity index (χ3n) is 4.35. The van der Waals surface area contributed by atoms with E-state index >= 15 is 0 Å². The number of benzene rings is 1. The molecule has 0 heterocycles. The average molecular weight is 353 g/mol. The van der Waals surface area contributed by atoms with Gasteiger partial charge in [-0.05, 0) is 37.0 Å². The minimum atomic E-state index is -0.0944. The number of hydrogen-bond donors (Lipinski definition) is 1. The fourth-order valence-electron chi connectivity index (χ4n) is 3.17. The number of hydrogen-bond acceptors (Lipinski definition) is 2. The lowest BCUT2D eigenvalue weighted by atomic mass is 9.77. The molecule has 0 radical (unpaired) electrons. The Labute approximate surface area is 136 Å². The molecule has 1 N–H and O–H groups in total. The Kier molecular flexibility index (Phi) is 5.31. The molecule has 21 heavy (non-hydrogen) atoms. The summed E-state index contributed by atoms with van der Waals surface area (Å²) in [5, 5.41) is 4.11. The number of carbonyl (C=O) groups excluding carboxylic acids is 1. The molecule has 1 fully saturated rings. The second kappa shape index (κ2) is 6.82. The van der Waals surface area contributed by atoms with Gasteiger partial charge in [-0.15, -0.1) is 0 Å². The number of nitrogens with zero attached hydrogens (tertiary/aromatic N) is 1. The monoisotopic (exact) mass is 352 g/mol. The van der Waals surface area contributed by atoms with Crippen molar-refractivity contribution in [3.8, 4) is 0 Å². The number of nitrogens with one attached hydrogen (secondary N) is 1. The van der Waals surface area contributed by atoms with Crippen LogP contribution in [0.5, 0.6) is 0 Å². The molecule has 4 heteroatoms. The lowest BCUT2D eigenvalue weighted by molar-refractivity contribution is 0.0869. The van der Waals surface area contributed by atoms with Crippen LogP contribution in [0.1, 0.15) is 43.0 Å². The minimum Gasteiger partial charge on any atom is -0.378 e. The molecule has 2 unspecified atom stereocenters. The third kappa shape index (κ3) is 4.00. The summed E-state index contributed by atoms with van der Waals surface area (Å²) in [6, 6.07) is 7.79. The van der Waals surface area contributed by atoms with Crippen LogP contribution in [0.25, 0.3) is 0 Å². The van der Waals surface area contributed by atoms with Gasteiger partial charge in [0.2, 0.25) is 0 Å². The fraction of sp³-hybridized carbons (Fsp3) is 0.588. The van der Waals surface area contributed by atoms with Gasteiger partial charge in [0.1, 0.15) is 0 Å². The van der Waals surface area contributed by atoms with Gasteiger partial charge < -0.3 is 10.2 Å². The summed E-state index contributed by atoms with van der Waals surface area (Å²) in [4.78, 5) is 14.6. The molecule has 116 valence electrons. The van der Waals surface area contributed by atoms with Crippen LogP contribution in [-0.4, -0.2) is 30.9 Å². The van der Waals surface area contributed by atoms with E-state index in [0.29, 0.717) is 5.92 Å². The van der Waals surface area contributed by atoms with Crippen molar-refractivity contribution in [3.05, 3.63) is 29.8 Å². The molecule has 1 saturated carbocycles. The largest absolute Gasteiger partial charge is 0.378 e. The lowest BCUT2D eigenvalue weighted by Crippen LogP contribution is -2.52. The zero-order chi connectivity index (χ0) is 15.5. The Hall–Kier alpha value is -1.03. The molecule has 0 bridgehead atoms. The van der Waals surface area contributed by atoms with Crippen LogP contribution >= 0.6 is 15.9 Å². The summed E-state index contributed by atoms with van der Waals surface area (Å²) in [5.74, 6) is 0.706. The van der Waals surface area contributed by atoms with E-state index in [0.717, 1.165) is 29.4 Å². The zero-order valence-corrected chi connectivity index (χ0v) is 14.7. The van der Waals surface area contributed by atoms with Crippen LogP contribution in [0.4, 0.5) is 5.69 Å². The Morgan fingerprint density at radius 3 is 2.86 bits per heavy atom. The first-order valence-electron chi connectivity index (χ1n) is 7.62. The third-order valence-corrected chi connectivity index (χ3v) is 5.42. The number of amides is 1. The van der Waals surface area contributed by atoms with Crippen molar-refractivity contribution in [2.45, 2.75) is 38.1 Å². The highest BCUT2D eigenvalue weighted by Crippen LogP contribution is 2.34. The predicted molar refractivity (Wildman–Crippen MR) is 92.4 cm³/mol. The van der Waals surface area contributed by atoms with Crippen molar-refractivity contribution >= 4 is 27.5 Å². The molecule has 0 saturated heterocycles. The number of halogens is 1. The van der Waals surface area contributed by atoms with Gasteiger partial charge in [-0.3, -0.25) is 4.79 Å². The van der Waals surface area contributed by atoms with Crippen LogP contribution < -0.4 is 10.2 Å². The molecular formula is C17H25BrN2O. The molecule has 0 spiro atoms. The molecule has 0 aromatic heterocycles. The maximum absolute atomic E-state index is 12.6. The maximum Gasteiger partial charge on any atom is 0.251 e. The van der Waals surface area contributed by atoms with Crippen LogP contribution in [-0.2, 0) is 0 Å². The zero-order valence-electron chi connectivity index (χ0n) is 13.2. The smallest absolute Gasteiger partial charge is 0.251 e. The summed E-state index contributed by atoms with van der Waals surface area (Å²) in [7, 11) is 3.97. The maximum atomic E-state index is 12.6. The van der Waals surface area contributed by atoms with Crippen LogP contribution in [0.2, 0.25) is 0 Å². The van der Waals surface area contributed by atoms with Crippen molar-refractivity contribution in [2.75, 3.05) is 24.3 Å². The first-order valence-corrected chi connectivity index (χ1v) is 8.74. The first-order chi connectivity index (χ1) is 9.96. The van der Waals surface area contributed by atoms with Gasteiger partial charge in [0.15, 0.2) is 0 Å².